The number of nitrogens with zero attached hydrogens (tertiary/aromatic N) is 1. The number of hydrogen-bond acceptors (Lipinski definition) is 3. The van der Waals surface area contributed by atoms with E-state index in [-0.39, 0.29) is 17.2 Å². The maximum absolute atomic E-state index is 13.1. The van der Waals surface area contributed by atoms with Gasteiger partial charge in [0.2, 0.25) is 5.91 Å². The van der Waals surface area contributed by atoms with Crippen molar-refractivity contribution < 1.29 is 9.18 Å². The Hall–Kier alpha value is -1.54. The average molecular weight is 250 g/mol. The Labute approximate surface area is 103 Å². The maximum Gasteiger partial charge on any atom is 0.230 e. The van der Waals surface area contributed by atoms with Crippen LogP contribution in [0.15, 0.2) is 23.1 Å². The molecule has 1 aromatic carbocycles. The Morgan fingerprint density at radius 3 is 2.94 bits per heavy atom. The number of carbonyl (C=O) groups excluding carboxylic acids is 1. The van der Waals surface area contributed by atoms with Gasteiger partial charge in [-0.1, -0.05) is 0 Å². The van der Waals surface area contributed by atoms with Gasteiger partial charge in [-0.3, -0.25) is 4.79 Å². The van der Waals surface area contributed by atoms with E-state index in [1.165, 1.54) is 23.9 Å². The Morgan fingerprint density at radius 1 is 1.53 bits per heavy atom. The van der Waals surface area contributed by atoms with Gasteiger partial charge in [0.15, 0.2) is 0 Å². The summed E-state index contributed by atoms with van der Waals surface area (Å²) in [6.07, 6.45) is 2.10. The lowest BCUT2D eigenvalue weighted by molar-refractivity contribution is -0.118. The number of halogens is 1. The summed E-state index contributed by atoms with van der Waals surface area (Å²) in [6, 6.07) is 6.31. The van der Waals surface area contributed by atoms with E-state index in [1.807, 2.05) is 6.07 Å². The van der Waals surface area contributed by atoms with Crippen LogP contribution in [0.25, 0.3) is 0 Å². The SMILES string of the molecule is N#Cc1cc(F)cc(SCC(=O)NC2CC2)c1. The van der Waals surface area contributed by atoms with E-state index in [2.05, 4.69) is 5.32 Å². The van der Waals surface area contributed by atoms with E-state index < -0.39 is 5.82 Å². The molecule has 0 unspecified atom stereocenters. The van der Waals surface area contributed by atoms with Gasteiger partial charge in [0.25, 0.3) is 0 Å². The molecule has 1 amide bonds. The summed E-state index contributed by atoms with van der Waals surface area (Å²) in [5.74, 6) is -0.236. The summed E-state index contributed by atoms with van der Waals surface area (Å²) in [7, 11) is 0. The number of thioether (sulfide) groups is 1. The number of nitriles is 1. The van der Waals surface area contributed by atoms with Gasteiger partial charge >= 0.3 is 0 Å². The number of benzene rings is 1. The zero-order chi connectivity index (χ0) is 12.3. The van der Waals surface area contributed by atoms with Crippen molar-refractivity contribution in [3.8, 4) is 6.07 Å². The summed E-state index contributed by atoms with van der Waals surface area (Å²) >= 11 is 1.24. The molecule has 2 rings (SSSR count). The minimum Gasteiger partial charge on any atom is -0.353 e. The van der Waals surface area contributed by atoms with Crippen LogP contribution < -0.4 is 5.32 Å². The van der Waals surface area contributed by atoms with Crippen molar-refractivity contribution in [1.29, 1.82) is 5.26 Å². The van der Waals surface area contributed by atoms with Crippen molar-refractivity contribution in [1.82, 2.24) is 5.32 Å². The number of carbonyl (C=O) groups is 1. The molecule has 1 aliphatic rings. The second-order valence-electron chi connectivity index (χ2n) is 3.92. The van der Waals surface area contributed by atoms with Gasteiger partial charge in [-0.25, -0.2) is 4.39 Å². The monoisotopic (exact) mass is 250 g/mol. The van der Waals surface area contributed by atoms with Gasteiger partial charge in [-0.15, -0.1) is 11.8 Å². The molecule has 3 nitrogen and oxygen atoms in total. The zero-order valence-electron chi connectivity index (χ0n) is 9.07. The van der Waals surface area contributed by atoms with Crippen LogP contribution in [0.1, 0.15) is 18.4 Å². The molecule has 0 saturated heterocycles. The van der Waals surface area contributed by atoms with E-state index >= 15 is 0 Å². The Bertz CT molecular complexity index is 480. The van der Waals surface area contributed by atoms with Crippen molar-refractivity contribution in [2.75, 3.05) is 5.75 Å². The number of amides is 1. The van der Waals surface area contributed by atoms with Crippen molar-refractivity contribution >= 4 is 17.7 Å². The lowest BCUT2D eigenvalue weighted by Crippen LogP contribution is -2.26. The molecule has 0 aromatic heterocycles. The first-order valence-corrected chi connectivity index (χ1v) is 6.29. The van der Waals surface area contributed by atoms with Crippen LogP contribution in [0.5, 0.6) is 0 Å². The third-order valence-corrected chi connectivity index (χ3v) is 3.29. The summed E-state index contributed by atoms with van der Waals surface area (Å²) in [5, 5.41) is 11.5. The molecule has 0 aliphatic heterocycles. The summed E-state index contributed by atoms with van der Waals surface area (Å²) < 4.78 is 13.1. The van der Waals surface area contributed by atoms with E-state index in [9.17, 15) is 9.18 Å². The van der Waals surface area contributed by atoms with Crippen molar-refractivity contribution in [2.45, 2.75) is 23.8 Å². The van der Waals surface area contributed by atoms with Crippen LogP contribution >= 0.6 is 11.8 Å². The molecule has 0 spiro atoms. The molecule has 1 fully saturated rings. The highest BCUT2D eigenvalue weighted by molar-refractivity contribution is 8.00. The lowest BCUT2D eigenvalue weighted by Gasteiger charge is -2.03. The molecule has 17 heavy (non-hydrogen) atoms. The third-order valence-electron chi connectivity index (χ3n) is 2.31. The fourth-order valence-electron chi connectivity index (χ4n) is 1.36. The first-order valence-electron chi connectivity index (χ1n) is 5.30. The first-order chi connectivity index (χ1) is 8.17. The highest BCUT2D eigenvalue weighted by Gasteiger charge is 2.22. The first kappa shape index (κ1) is 11.9. The lowest BCUT2D eigenvalue weighted by atomic mass is 10.2. The molecule has 0 radical (unpaired) electrons. The number of nitrogens with one attached hydrogen (secondary N) is 1. The molecule has 0 heterocycles. The minimum atomic E-state index is -0.450. The third kappa shape index (κ3) is 3.75. The summed E-state index contributed by atoms with van der Waals surface area (Å²) in [6.45, 7) is 0. The Kier molecular flexibility index (Phi) is 3.64. The summed E-state index contributed by atoms with van der Waals surface area (Å²) in [4.78, 5) is 12.0. The number of hydrogen-bond donors (Lipinski definition) is 1. The maximum atomic E-state index is 13.1. The van der Waals surface area contributed by atoms with Gasteiger partial charge in [0, 0.05) is 10.9 Å². The molecule has 88 valence electrons. The summed E-state index contributed by atoms with van der Waals surface area (Å²) in [5.41, 5.74) is 0.273. The largest absolute Gasteiger partial charge is 0.353 e. The number of rotatable bonds is 4. The predicted octanol–water partition coefficient (Wildman–Crippen LogP) is 2.07. The zero-order valence-corrected chi connectivity index (χ0v) is 9.89. The molecule has 0 bridgehead atoms. The van der Waals surface area contributed by atoms with E-state index in [0.717, 1.165) is 12.8 Å². The molecule has 1 aromatic rings. The Morgan fingerprint density at radius 2 is 2.29 bits per heavy atom. The molecule has 1 N–H and O–H groups in total. The predicted molar refractivity (Wildman–Crippen MR) is 63.0 cm³/mol. The smallest absolute Gasteiger partial charge is 0.230 e. The molecule has 1 saturated carbocycles. The van der Waals surface area contributed by atoms with Crippen LogP contribution in [0.2, 0.25) is 0 Å². The van der Waals surface area contributed by atoms with Crippen LogP contribution in [0.3, 0.4) is 0 Å². The van der Waals surface area contributed by atoms with Crippen molar-refractivity contribution in [3.05, 3.63) is 29.6 Å². The second-order valence-corrected chi connectivity index (χ2v) is 4.97. The molecular formula is C12H11FN2OS. The van der Waals surface area contributed by atoms with Gasteiger partial charge in [0.05, 0.1) is 17.4 Å². The van der Waals surface area contributed by atoms with E-state index in [1.54, 1.807) is 6.07 Å². The quantitative estimate of drug-likeness (QED) is 0.832. The minimum absolute atomic E-state index is 0.0414. The fraction of sp³-hybridized carbons (Fsp3) is 0.333. The van der Waals surface area contributed by atoms with Gasteiger partial charge in [0.1, 0.15) is 5.82 Å². The average Bonchev–Trinajstić information content (AvgIpc) is 3.09. The highest BCUT2D eigenvalue weighted by atomic mass is 32.2. The van der Waals surface area contributed by atoms with E-state index in [0.29, 0.717) is 10.9 Å². The van der Waals surface area contributed by atoms with Gasteiger partial charge < -0.3 is 5.32 Å². The fourth-order valence-corrected chi connectivity index (χ4v) is 2.14. The van der Waals surface area contributed by atoms with Crippen LogP contribution in [0, 0.1) is 17.1 Å². The molecule has 0 atom stereocenters. The van der Waals surface area contributed by atoms with Crippen molar-refractivity contribution in [2.24, 2.45) is 0 Å². The van der Waals surface area contributed by atoms with Gasteiger partial charge in [-0.2, -0.15) is 5.26 Å². The van der Waals surface area contributed by atoms with E-state index in [4.69, 9.17) is 5.26 Å². The second kappa shape index (κ2) is 5.19. The molecule has 5 heteroatoms. The van der Waals surface area contributed by atoms with Crippen LogP contribution in [-0.4, -0.2) is 17.7 Å². The Balaban J connectivity index is 1.91. The normalized spacial score (nSPS) is 14.1. The van der Waals surface area contributed by atoms with Crippen molar-refractivity contribution in [3.63, 3.8) is 0 Å². The topological polar surface area (TPSA) is 52.9 Å². The highest BCUT2D eigenvalue weighted by Crippen LogP contribution is 2.22. The molecule has 1 aliphatic carbocycles. The standard InChI is InChI=1S/C12H11FN2OS/c13-9-3-8(6-14)4-11(5-9)17-7-12(16)15-10-1-2-10/h3-5,10H,1-2,7H2,(H,15,16). The molecular weight excluding hydrogens is 239 g/mol. The van der Waals surface area contributed by atoms with Crippen LogP contribution in [0.4, 0.5) is 4.39 Å². The van der Waals surface area contributed by atoms with Gasteiger partial charge in [-0.05, 0) is 31.0 Å². The van der Waals surface area contributed by atoms with Crippen LogP contribution in [-0.2, 0) is 4.79 Å².